The van der Waals surface area contributed by atoms with Crippen LogP contribution in [0.15, 0.2) is 30.3 Å². The summed E-state index contributed by atoms with van der Waals surface area (Å²) in [6, 6.07) is 12.2. The summed E-state index contributed by atoms with van der Waals surface area (Å²) in [4.78, 5) is 14.1. The van der Waals surface area contributed by atoms with Gasteiger partial charge in [-0.3, -0.25) is 4.79 Å². The van der Waals surface area contributed by atoms with Crippen LogP contribution in [0.3, 0.4) is 0 Å². The predicted octanol–water partition coefficient (Wildman–Crippen LogP) is 4.56. The number of rotatable bonds is 3. The number of carbonyl (C=O) groups is 1. The van der Waals surface area contributed by atoms with E-state index in [1.54, 1.807) is 0 Å². The van der Waals surface area contributed by atoms with Crippen LogP contribution in [0, 0.1) is 11.3 Å². The Morgan fingerprint density at radius 1 is 1.40 bits per heavy atom. The first-order chi connectivity index (χ1) is 11.9. The molecule has 0 saturated carbocycles. The molecule has 0 aliphatic carbocycles. The number of hydrogen-bond donors (Lipinski definition) is 1. The van der Waals surface area contributed by atoms with Crippen molar-refractivity contribution in [1.82, 2.24) is 0 Å². The number of nitrogens with one attached hydrogen (secondary N) is 1. The zero-order chi connectivity index (χ0) is 18.0. The van der Waals surface area contributed by atoms with Crippen LogP contribution in [0.25, 0.3) is 0 Å². The second-order valence-electron chi connectivity index (χ2n) is 7.28. The van der Waals surface area contributed by atoms with Crippen LogP contribution in [-0.2, 0) is 21.4 Å². The maximum atomic E-state index is 12.5. The molecule has 1 atom stereocenters. The molecule has 0 bridgehead atoms. The molecule has 1 aliphatic heterocycles. The first kappa shape index (κ1) is 17.7. The highest BCUT2D eigenvalue weighted by atomic mass is 32.1. The molecule has 0 fully saturated rings. The third kappa shape index (κ3) is 3.92. The fourth-order valence-electron chi connectivity index (χ4n) is 2.95. The molecule has 25 heavy (non-hydrogen) atoms. The summed E-state index contributed by atoms with van der Waals surface area (Å²) in [7, 11) is 0. The Morgan fingerprint density at radius 2 is 2.16 bits per heavy atom. The molecule has 3 rings (SSSR count). The first-order valence-electron chi connectivity index (χ1n) is 8.42. The highest BCUT2D eigenvalue weighted by molar-refractivity contribution is 7.13. The van der Waals surface area contributed by atoms with E-state index in [1.165, 1.54) is 16.9 Å². The Morgan fingerprint density at radius 3 is 2.88 bits per heavy atom. The number of anilines is 1. The van der Waals surface area contributed by atoms with Gasteiger partial charge in [0.15, 0.2) is 0 Å². The van der Waals surface area contributed by atoms with Crippen LogP contribution in [0.1, 0.15) is 54.2 Å². The van der Waals surface area contributed by atoms with E-state index in [9.17, 15) is 10.1 Å². The summed E-state index contributed by atoms with van der Waals surface area (Å²) >= 11 is 1.44. The largest absolute Gasteiger partial charge is 0.373 e. The lowest BCUT2D eigenvalue weighted by atomic mass is 9.94. The Balaban J connectivity index is 1.74. The van der Waals surface area contributed by atoms with Gasteiger partial charge in [0.1, 0.15) is 10.9 Å². The van der Waals surface area contributed by atoms with Crippen molar-refractivity contribution in [2.45, 2.75) is 45.1 Å². The lowest BCUT2D eigenvalue weighted by molar-refractivity contribution is -0.119. The van der Waals surface area contributed by atoms with E-state index < -0.39 is 0 Å². The van der Waals surface area contributed by atoms with Gasteiger partial charge in [0, 0.05) is 4.88 Å². The summed E-state index contributed by atoms with van der Waals surface area (Å²) in [6.07, 6.45) is 0.908. The topological polar surface area (TPSA) is 62.1 Å². The van der Waals surface area contributed by atoms with Gasteiger partial charge < -0.3 is 10.1 Å². The molecule has 0 radical (unpaired) electrons. The SMILES string of the molecule is CC(C)(C)c1cc(NC(=O)CC2OCCc3ccccc32)c(C#N)s1. The minimum absolute atomic E-state index is 0.0509. The fourth-order valence-corrected chi connectivity index (χ4v) is 3.92. The molecule has 2 aromatic rings. The van der Waals surface area contributed by atoms with Crippen molar-refractivity contribution in [1.29, 1.82) is 5.26 Å². The second kappa shape index (κ2) is 6.99. The Kier molecular flexibility index (Phi) is 4.94. The average molecular weight is 354 g/mol. The van der Waals surface area contributed by atoms with E-state index in [4.69, 9.17) is 4.74 Å². The third-order valence-corrected chi connectivity index (χ3v) is 5.78. The molecule has 0 saturated heterocycles. The van der Waals surface area contributed by atoms with Crippen molar-refractivity contribution in [3.05, 3.63) is 51.2 Å². The zero-order valence-corrected chi connectivity index (χ0v) is 15.6. The standard InChI is InChI=1S/C20H22N2O2S/c1-20(2,3)18-10-15(17(12-21)25-18)22-19(23)11-16-14-7-5-4-6-13(14)8-9-24-16/h4-7,10,16H,8-9,11H2,1-3H3,(H,22,23). The quantitative estimate of drug-likeness (QED) is 0.879. The lowest BCUT2D eigenvalue weighted by Crippen LogP contribution is -2.22. The Bertz CT molecular complexity index is 827. The van der Waals surface area contributed by atoms with Crippen LogP contribution in [-0.4, -0.2) is 12.5 Å². The molecule has 1 aromatic carbocycles. The van der Waals surface area contributed by atoms with Crippen molar-refractivity contribution in [2.24, 2.45) is 0 Å². The minimum Gasteiger partial charge on any atom is -0.373 e. The Hall–Kier alpha value is -2.16. The molecule has 130 valence electrons. The summed E-state index contributed by atoms with van der Waals surface area (Å²) in [5.41, 5.74) is 2.89. The van der Waals surface area contributed by atoms with Crippen LogP contribution >= 0.6 is 11.3 Å². The number of nitrogens with zero attached hydrogens (tertiary/aromatic N) is 1. The van der Waals surface area contributed by atoms with Crippen LogP contribution < -0.4 is 5.32 Å². The first-order valence-corrected chi connectivity index (χ1v) is 9.24. The summed E-state index contributed by atoms with van der Waals surface area (Å²) in [5, 5.41) is 12.2. The summed E-state index contributed by atoms with van der Waals surface area (Å²) < 4.78 is 5.81. The number of nitriles is 1. The normalized spacial score (nSPS) is 16.8. The number of carbonyl (C=O) groups excluding carboxylic acids is 1. The number of fused-ring (bicyclic) bond motifs is 1. The minimum atomic E-state index is -0.226. The number of hydrogen-bond acceptors (Lipinski definition) is 4. The molecule has 2 heterocycles. The second-order valence-corrected chi connectivity index (χ2v) is 8.33. The van der Waals surface area contributed by atoms with Gasteiger partial charge in [0.25, 0.3) is 0 Å². The van der Waals surface area contributed by atoms with Crippen molar-refractivity contribution in [3.63, 3.8) is 0 Å². The maximum absolute atomic E-state index is 12.5. The van der Waals surface area contributed by atoms with E-state index in [2.05, 4.69) is 38.2 Å². The molecule has 1 amide bonds. The maximum Gasteiger partial charge on any atom is 0.227 e. The highest BCUT2D eigenvalue weighted by Gasteiger charge is 2.25. The van der Waals surface area contributed by atoms with Crippen molar-refractivity contribution in [3.8, 4) is 6.07 Å². The Labute approximate surface area is 152 Å². The van der Waals surface area contributed by atoms with E-state index in [-0.39, 0.29) is 23.8 Å². The number of amides is 1. The van der Waals surface area contributed by atoms with Crippen molar-refractivity contribution >= 4 is 22.9 Å². The molecule has 1 N–H and O–H groups in total. The molecule has 5 heteroatoms. The predicted molar refractivity (Wildman–Crippen MR) is 99.8 cm³/mol. The molecule has 4 nitrogen and oxygen atoms in total. The fraction of sp³-hybridized carbons (Fsp3) is 0.400. The highest BCUT2D eigenvalue weighted by Crippen LogP contribution is 2.35. The van der Waals surface area contributed by atoms with E-state index in [0.29, 0.717) is 17.2 Å². The van der Waals surface area contributed by atoms with Gasteiger partial charge in [0.05, 0.1) is 24.8 Å². The number of thiophene rings is 1. The summed E-state index contributed by atoms with van der Waals surface area (Å²) in [6.45, 7) is 6.92. The van der Waals surface area contributed by atoms with Gasteiger partial charge >= 0.3 is 0 Å². The van der Waals surface area contributed by atoms with E-state index in [1.807, 2.05) is 24.3 Å². The molecular formula is C20H22N2O2S. The number of benzene rings is 1. The zero-order valence-electron chi connectivity index (χ0n) is 14.8. The third-order valence-electron chi connectivity index (χ3n) is 4.31. The number of ether oxygens (including phenoxy) is 1. The van der Waals surface area contributed by atoms with Crippen LogP contribution in [0.4, 0.5) is 5.69 Å². The van der Waals surface area contributed by atoms with Crippen molar-refractivity contribution in [2.75, 3.05) is 11.9 Å². The van der Waals surface area contributed by atoms with E-state index in [0.717, 1.165) is 16.9 Å². The van der Waals surface area contributed by atoms with Gasteiger partial charge in [-0.05, 0) is 29.0 Å². The van der Waals surface area contributed by atoms with Gasteiger partial charge in [-0.2, -0.15) is 5.26 Å². The molecule has 1 aromatic heterocycles. The molecule has 1 unspecified atom stereocenters. The van der Waals surface area contributed by atoms with Crippen molar-refractivity contribution < 1.29 is 9.53 Å². The van der Waals surface area contributed by atoms with Crippen LogP contribution in [0.5, 0.6) is 0 Å². The average Bonchev–Trinajstić information content (AvgIpc) is 2.98. The van der Waals surface area contributed by atoms with Gasteiger partial charge in [0.2, 0.25) is 5.91 Å². The lowest BCUT2D eigenvalue weighted by Gasteiger charge is -2.25. The van der Waals surface area contributed by atoms with E-state index >= 15 is 0 Å². The van der Waals surface area contributed by atoms with Gasteiger partial charge in [-0.15, -0.1) is 11.3 Å². The van der Waals surface area contributed by atoms with Crippen LogP contribution in [0.2, 0.25) is 0 Å². The molecule has 1 aliphatic rings. The molecular weight excluding hydrogens is 332 g/mol. The van der Waals surface area contributed by atoms with Gasteiger partial charge in [-0.1, -0.05) is 45.0 Å². The monoisotopic (exact) mass is 354 g/mol. The summed E-state index contributed by atoms with van der Waals surface area (Å²) in [5.74, 6) is -0.128. The van der Waals surface area contributed by atoms with Gasteiger partial charge in [-0.25, -0.2) is 0 Å². The molecule has 0 spiro atoms. The smallest absolute Gasteiger partial charge is 0.227 e.